The number of hydrogen-bond donors (Lipinski definition) is 1. The molecule has 1 N–H and O–H groups in total. The minimum Gasteiger partial charge on any atom is -0.462 e. The quantitative estimate of drug-likeness (QED) is 0.713. The van der Waals surface area contributed by atoms with Gasteiger partial charge in [-0.3, -0.25) is 4.79 Å². The lowest BCUT2D eigenvalue weighted by Crippen LogP contribution is -2.17. The first-order valence-electron chi connectivity index (χ1n) is 7.75. The molecule has 0 saturated heterocycles. The first-order valence-corrected chi connectivity index (χ1v) is 9.36. The van der Waals surface area contributed by atoms with Crippen molar-refractivity contribution in [3.63, 3.8) is 0 Å². The Bertz CT molecular complexity index is 758. The monoisotopic (exact) mass is 410 g/mol. The first-order chi connectivity index (χ1) is 11.5. The van der Waals surface area contributed by atoms with Gasteiger partial charge in [-0.25, -0.2) is 9.78 Å². The number of aryl methyl sites for hydroxylation is 2. The van der Waals surface area contributed by atoms with E-state index >= 15 is 0 Å². The molecule has 2 rings (SSSR count). The molecule has 1 aromatic carbocycles. The van der Waals surface area contributed by atoms with Crippen molar-refractivity contribution in [2.24, 2.45) is 0 Å². The number of nitrogens with one attached hydrogen (secondary N) is 1. The van der Waals surface area contributed by atoms with E-state index < -0.39 is 5.97 Å². The van der Waals surface area contributed by atoms with E-state index in [4.69, 9.17) is 4.74 Å². The first kappa shape index (κ1) is 18.6. The zero-order chi connectivity index (χ0) is 17.7. The summed E-state index contributed by atoms with van der Waals surface area (Å²) in [6.45, 7) is 5.98. The topological polar surface area (TPSA) is 68.3 Å². The third-order valence-corrected chi connectivity index (χ3v) is 4.98. The summed E-state index contributed by atoms with van der Waals surface area (Å²) in [6, 6.07) is 3.55. The van der Waals surface area contributed by atoms with Crippen molar-refractivity contribution >= 4 is 44.8 Å². The summed E-state index contributed by atoms with van der Waals surface area (Å²) >= 11 is 4.76. The van der Waals surface area contributed by atoms with Crippen molar-refractivity contribution < 1.29 is 14.3 Å². The molecule has 0 atom stereocenters. The Morgan fingerprint density at radius 1 is 1.25 bits per heavy atom. The minimum atomic E-state index is -0.456. The number of halogens is 1. The number of esters is 1. The molecule has 2 aromatic rings. The molecular formula is C17H19BrN2O3S. The zero-order valence-electron chi connectivity index (χ0n) is 13.8. The van der Waals surface area contributed by atoms with Crippen LogP contribution in [0.4, 0.5) is 5.69 Å². The van der Waals surface area contributed by atoms with Crippen molar-refractivity contribution in [1.82, 2.24) is 4.98 Å². The van der Waals surface area contributed by atoms with E-state index in [1.54, 1.807) is 19.2 Å². The summed E-state index contributed by atoms with van der Waals surface area (Å²) in [6.07, 6.45) is 3.02. The predicted octanol–water partition coefficient (Wildman–Crippen LogP) is 4.46. The highest BCUT2D eigenvalue weighted by molar-refractivity contribution is 9.10. The second-order valence-electron chi connectivity index (χ2n) is 4.99. The number of anilines is 1. The molecular weight excluding hydrogens is 392 g/mol. The largest absolute Gasteiger partial charge is 0.462 e. The fourth-order valence-electron chi connectivity index (χ4n) is 2.21. The van der Waals surface area contributed by atoms with Gasteiger partial charge in [-0.2, -0.15) is 0 Å². The third-order valence-electron chi connectivity index (χ3n) is 3.38. The summed E-state index contributed by atoms with van der Waals surface area (Å²) in [5.74, 6) is -0.725. The summed E-state index contributed by atoms with van der Waals surface area (Å²) in [5, 5.41) is 3.76. The number of rotatable bonds is 6. The van der Waals surface area contributed by atoms with Crippen LogP contribution in [-0.2, 0) is 17.6 Å². The SMILES string of the molecule is CCOC(=O)c1cc(Br)cc(CC)c1NC(=O)c1cnc(CC)s1. The fourth-order valence-corrected chi connectivity index (χ4v) is 3.47. The molecule has 0 aliphatic rings. The third kappa shape index (κ3) is 4.21. The van der Waals surface area contributed by atoms with Gasteiger partial charge in [0.1, 0.15) is 4.88 Å². The second kappa shape index (κ2) is 8.39. The molecule has 0 fully saturated rings. The van der Waals surface area contributed by atoms with Crippen LogP contribution < -0.4 is 5.32 Å². The van der Waals surface area contributed by atoms with Gasteiger partial charge in [-0.05, 0) is 37.5 Å². The van der Waals surface area contributed by atoms with Crippen LogP contribution in [0.2, 0.25) is 0 Å². The van der Waals surface area contributed by atoms with Crippen LogP contribution in [0.15, 0.2) is 22.8 Å². The molecule has 0 aliphatic heterocycles. The van der Waals surface area contributed by atoms with E-state index in [0.717, 1.165) is 21.5 Å². The number of aromatic nitrogens is 1. The van der Waals surface area contributed by atoms with Gasteiger partial charge in [-0.15, -0.1) is 11.3 Å². The zero-order valence-corrected chi connectivity index (χ0v) is 16.2. The van der Waals surface area contributed by atoms with Gasteiger partial charge in [0.15, 0.2) is 0 Å². The number of thiazole rings is 1. The number of nitrogens with zero attached hydrogens (tertiary/aromatic N) is 1. The van der Waals surface area contributed by atoms with Crippen molar-refractivity contribution in [3.05, 3.63) is 43.8 Å². The molecule has 1 amide bonds. The van der Waals surface area contributed by atoms with Crippen LogP contribution in [0.3, 0.4) is 0 Å². The number of benzene rings is 1. The van der Waals surface area contributed by atoms with Crippen molar-refractivity contribution in [1.29, 1.82) is 0 Å². The summed E-state index contributed by atoms with van der Waals surface area (Å²) in [5.41, 5.74) is 1.70. The number of amides is 1. The van der Waals surface area contributed by atoms with Crippen LogP contribution in [0.25, 0.3) is 0 Å². The standard InChI is InChI=1S/C17H19BrN2O3S/c1-4-10-7-11(18)8-12(17(22)23-6-3)15(10)20-16(21)13-9-19-14(5-2)24-13/h7-9H,4-6H2,1-3H3,(H,20,21). The van der Waals surface area contributed by atoms with Gasteiger partial charge in [0.05, 0.1) is 29.1 Å². The van der Waals surface area contributed by atoms with Gasteiger partial charge in [0.25, 0.3) is 5.91 Å². The Morgan fingerprint density at radius 2 is 2.00 bits per heavy atom. The molecule has 0 aliphatic carbocycles. The number of ether oxygens (including phenoxy) is 1. The molecule has 0 spiro atoms. The van der Waals surface area contributed by atoms with Crippen molar-refractivity contribution in [2.45, 2.75) is 33.6 Å². The van der Waals surface area contributed by atoms with E-state index in [0.29, 0.717) is 22.5 Å². The van der Waals surface area contributed by atoms with E-state index in [2.05, 4.69) is 26.2 Å². The van der Waals surface area contributed by atoms with Crippen molar-refractivity contribution in [3.8, 4) is 0 Å². The maximum atomic E-state index is 12.5. The highest BCUT2D eigenvalue weighted by atomic mass is 79.9. The van der Waals surface area contributed by atoms with Gasteiger partial charge in [0, 0.05) is 4.47 Å². The van der Waals surface area contributed by atoms with E-state index in [9.17, 15) is 9.59 Å². The van der Waals surface area contributed by atoms with Gasteiger partial charge >= 0.3 is 5.97 Å². The molecule has 7 heteroatoms. The molecule has 1 aromatic heterocycles. The Morgan fingerprint density at radius 3 is 2.58 bits per heavy atom. The molecule has 5 nitrogen and oxygen atoms in total. The molecule has 0 unspecified atom stereocenters. The predicted molar refractivity (Wildman–Crippen MR) is 98.9 cm³/mol. The molecule has 128 valence electrons. The van der Waals surface area contributed by atoms with Gasteiger partial charge < -0.3 is 10.1 Å². The Balaban J connectivity index is 2.39. The van der Waals surface area contributed by atoms with Crippen LogP contribution in [0.1, 0.15) is 51.4 Å². The Kier molecular flexibility index (Phi) is 6.51. The normalized spacial score (nSPS) is 10.5. The van der Waals surface area contributed by atoms with Crippen LogP contribution in [0, 0.1) is 0 Å². The van der Waals surface area contributed by atoms with Crippen LogP contribution in [0.5, 0.6) is 0 Å². The number of hydrogen-bond acceptors (Lipinski definition) is 5. The van der Waals surface area contributed by atoms with Crippen LogP contribution >= 0.6 is 27.3 Å². The van der Waals surface area contributed by atoms with Gasteiger partial charge in [0.2, 0.25) is 0 Å². The van der Waals surface area contributed by atoms with E-state index in [-0.39, 0.29) is 12.5 Å². The van der Waals surface area contributed by atoms with E-state index in [1.165, 1.54) is 11.3 Å². The molecule has 0 bridgehead atoms. The molecule has 0 saturated carbocycles. The average Bonchev–Trinajstić information content (AvgIpc) is 3.05. The number of carbonyl (C=O) groups excluding carboxylic acids is 2. The molecule has 0 radical (unpaired) electrons. The van der Waals surface area contributed by atoms with Crippen LogP contribution in [-0.4, -0.2) is 23.5 Å². The highest BCUT2D eigenvalue weighted by Gasteiger charge is 2.20. The lowest BCUT2D eigenvalue weighted by atomic mass is 10.0. The summed E-state index contributed by atoms with van der Waals surface area (Å²) in [4.78, 5) is 29.5. The lowest BCUT2D eigenvalue weighted by molar-refractivity contribution is 0.0527. The summed E-state index contributed by atoms with van der Waals surface area (Å²) < 4.78 is 5.88. The molecule has 1 heterocycles. The smallest absolute Gasteiger partial charge is 0.340 e. The Labute approximate surface area is 153 Å². The van der Waals surface area contributed by atoms with Crippen molar-refractivity contribution in [2.75, 3.05) is 11.9 Å². The molecule has 24 heavy (non-hydrogen) atoms. The number of carbonyl (C=O) groups is 2. The fraction of sp³-hybridized carbons (Fsp3) is 0.353. The summed E-state index contributed by atoms with van der Waals surface area (Å²) in [7, 11) is 0. The maximum Gasteiger partial charge on any atom is 0.340 e. The highest BCUT2D eigenvalue weighted by Crippen LogP contribution is 2.29. The maximum absolute atomic E-state index is 12.5. The Hall–Kier alpha value is -1.73. The van der Waals surface area contributed by atoms with E-state index in [1.807, 2.05) is 19.9 Å². The average molecular weight is 411 g/mol. The lowest BCUT2D eigenvalue weighted by Gasteiger charge is -2.15. The minimum absolute atomic E-state index is 0.269. The second-order valence-corrected chi connectivity index (χ2v) is 7.02. The van der Waals surface area contributed by atoms with Gasteiger partial charge in [-0.1, -0.05) is 29.8 Å².